The Kier molecular flexibility index (Phi) is 9.80. The van der Waals surface area contributed by atoms with Crippen LogP contribution in [0.2, 0.25) is 0 Å². The summed E-state index contributed by atoms with van der Waals surface area (Å²) < 4.78 is 18.8. The molecule has 9 nitrogen and oxygen atoms in total. The molecule has 3 aromatic rings. The van der Waals surface area contributed by atoms with Crippen LogP contribution in [0.4, 0.5) is 5.69 Å². The first-order chi connectivity index (χ1) is 17.0. The molecule has 9 heteroatoms. The lowest BCUT2D eigenvalue weighted by Crippen LogP contribution is -2.17. The van der Waals surface area contributed by atoms with Crippen molar-refractivity contribution in [3.05, 3.63) is 48.7 Å². The zero-order chi connectivity index (χ0) is 25.0. The zero-order valence-corrected chi connectivity index (χ0v) is 20.2. The van der Waals surface area contributed by atoms with Crippen molar-refractivity contribution >= 4 is 28.4 Å². The second kappa shape index (κ2) is 13.2. The quantitative estimate of drug-likeness (QED) is 0.177. The summed E-state index contributed by atoms with van der Waals surface area (Å²) in [7, 11) is 3.25. The van der Waals surface area contributed by atoms with Crippen molar-refractivity contribution in [1.29, 1.82) is 0 Å². The van der Waals surface area contributed by atoms with Crippen LogP contribution < -0.4 is 25.0 Å². The third-order valence-electron chi connectivity index (χ3n) is 5.70. The molecule has 2 aromatic carbocycles. The number of carbonyl (C=O) groups is 2. The van der Waals surface area contributed by atoms with E-state index in [0.29, 0.717) is 43.9 Å². The number of rotatable bonds is 14. The van der Waals surface area contributed by atoms with Gasteiger partial charge in [0.05, 0.1) is 26.3 Å². The first kappa shape index (κ1) is 25.9. The number of fused-ring (bicyclic) bond motifs is 1. The van der Waals surface area contributed by atoms with Crippen molar-refractivity contribution in [2.75, 3.05) is 26.1 Å². The molecule has 3 rings (SSSR count). The molecule has 0 bridgehead atoms. The Morgan fingerprint density at radius 2 is 1.54 bits per heavy atom. The van der Waals surface area contributed by atoms with Crippen molar-refractivity contribution in [2.24, 2.45) is 0 Å². The predicted molar refractivity (Wildman–Crippen MR) is 133 cm³/mol. The van der Waals surface area contributed by atoms with Gasteiger partial charge in [0.15, 0.2) is 11.5 Å². The molecule has 0 aliphatic carbocycles. The lowest BCUT2D eigenvalue weighted by atomic mass is 10.1. The molecule has 3 N–H and O–H groups in total. The SMILES string of the molecule is COc1cc2ccn(CCOc3ccc(NC(=O)CCCCCCC(=O)NO)cc3)c2cc1OC. The third kappa shape index (κ3) is 7.65. The van der Waals surface area contributed by atoms with Gasteiger partial charge in [-0.1, -0.05) is 12.8 Å². The summed E-state index contributed by atoms with van der Waals surface area (Å²) in [5.74, 6) is 1.69. The molecule has 0 spiro atoms. The fraction of sp³-hybridized carbons (Fsp3) is 0.385. The van der Waals surface area contributed by atoms with E-state index in [9.17, 15) is 9.59 Å². The summed E-state index contributed by atoms with van der Waals surface area (Å²) in [5, 5.41) is 12.4. The summed E-state index contributed by atoms with van der Waals surface area (Å²) in [6.07, 6.45) is 5.87. The Balaban J connectivity index is 1.40. The molecule has 0 aliphatic rings. The van der Waals surface area contributed by atoms with E-state index in [1.807, 2.05) is 48.7 Å². The molecule has 1 heterocycles. The summed E-state index contributed by atoms with van der Waals surface area (Å²) in [5.41, 5.74) is 3.38. The highest BCUT2D eigenvalue weighted by molar-refractivity contribution is 5.90. The normalized spacial score (nSPS) is 10.7. The Hall–Kier alpha value is -3.72. The number of amides is 2. The van der Waals surface area contributed by atoms with Gasteiger partial charge in [0.2, 0.25) is 11.8 Å². The van der Waals surface area contributed by atoms with Crippen LogP contribution >= 0.6 is 0 Å². The van der Waals surface area contributed by atoms with Crippen LogP contribution in [0, 0.1) is 0 Å². The van der Waals surface area contributed by atoms with E-state index in [-0.39, 0.29) is 11.8 Å². The van der Waals surface area contributed by atoms with Crippen LogP contribution in [0.15, 0.2) is 48.7 Å². The first-order valence-corrected chi connectivity index (χ1v) is 11.7. The molecule has 0 aliphatic heterocycles. The van der Waals surface area contributed by atoms with Gasteiger partial charge in [0, 0.05) is 36.2 Å². The summed E-state index contributed by atoms with van der Waals surface area (Å²) in [6.45, 7) is 1.16. The maximum atomic E-state index is 12.1. The van der Waals surface area contributed by atoms with E-state index in [2.05, 4.69) is 9.88 Å². The molecule has 0 fully saturated rings. The number of nitrogens with zero attached hydrogens (tertiary/aromatic N) is 1. The molecule has 0 radical (unpaired) electrons. The number of ether oxygens (including phenoxy) is 3. The molecule has 0 unspecified atom stereocenters. The average molecular weight is 484 g/mol. The zero-order valence-electron chi connectivity index (χ0n) is 20.2. The van der Waals surface area contributed by atoms with Gasteiger partial charge in [-0.25, -0.2) is 5.48 Å². The second-order valence-corrected chi connectivity index (χ2v) is 8.15. The lowest BCUT2D eigenvalue weighted by Gasteiger charge is -2.11. The number of anilines is 1. The molecular weight excluding hydrogens is 450 g/mol. The van der Waals surface area contributed by atoms with Gasteiger partial charge in [-0.3, -0.25) is 14.8 Å². The Morgan fingerprint density at radius 3 is 2.20 bits per heavy atom. The highest BCUT2D eigenvalue weighted by atomic mass is 16.5. The number of nitrogens with one attached hydrogen (secondary N) is 2. The minimum atomic E-state index is -0.380. The van der Waals surface area contributed by atoms with E-state index in [1.54, 1.807) is 19.7 Å². The standard InChI is InChI=1S/C26H33N3O6/c1-33-23-17-19-13-14-29(22(19)18-24(23)34-2)15-16-35-21-11-9-20(10-12-21)27-25(30)7-5-3-4-6-8-26(31)28-32/h9-14,17-18,32H,3-8,15-16H2,1-2H3,(H,27,30)(H,28,31). The highest BCUT2D eigenvalue weighted by Crippen LogP contribution is 2.32. The maximum absolute atomic E-state index is 12.1. The van der Waals surface area contributed by atoms with Crippen LogP contribution in [0.5, 0.6) is 17.2 Å². The van der Waals surface area contributed by atoms with Crippen LogP contribution in [0.1, 0.15) is 38.5 Å². The minimum Gasteiger partial charge on any atom is -0.493 e. The van der Waals surface area contributed by atoms with Gasteiger partial charge in [0.25, 0.3) is 0 Å². The van der Waals surface area contributed by atoms with Crippen molar-refractivity contribution in [3.63, 3.8) is 0 Å². The Bertz CT molecular complexity index is 1110. The van der Waals surface area contributed by atoms with Crippen LogP contribution in [-0.4, -0.2) is 42.4 Å². The number of methoxy groups -OCH3 is 2. The first-order valence-electron chi connectivity index (χ1n) is 11.7. The van der Waals surface area contributed by atoms with E-state index >= 15 is 0 Å². The molecule has 0 atom stereocenters. The number of hydrogen-bond donors (Lipinski definition) is 3. The van der Waals surface area contributed by atoms with Crippen molar-refractivity contribution < 1.29 is 29.0 Å². The third-order valence-corrected chi connectivity index (χ3v) is 5.70. The van der Waals surface area contributed by atoms with E-state index in [1.165, 1.54) is 0 Å². The fourth-order valence-corrected chi connectivity index (χ4v) is 3.81. The second-order valence-electron chi connectivity index (χ2n) is 8.15. The number of unbranched alkanes of at least 4 members (excludes halogenated alkanes) is 3. The average Bonchev–Trinajstić information content (AvgIpc) is 3.27. The van der Waals surface area contributed by atoms with E-state index in [0.717, 1.165) is 41.6 Å². The summed E-state index contributed by atoms with van der Waals surface area (Å²) in [6, 6.07) is 13.3. The van der Waals surface area contributed by atoms with Crippen LogP contribution in [-0.2, 0) is 16.1 Å². The van der Waals surface area contributed by atoms with Gasteiger partial charge < -0.3 is 24.1 Å². The maximum Gasteiger partial charge on any atom is 0.243 e. The monoisotopic (exact) mass is 483 g/mol. The molecule has 188 valence electrons. The van der Waals surface area contributed by atoms with Gasteiger partial charge >= 0.3 is 0 Å². The van der Waals surface area contributed by atoms with Gasteiger partial charge in [0.1, 0.15) is 12.4 Å². The summed E-state index contributed by atoms with van der Waals surface area (Å²) in [4.78, 5) is 23.1. The number of hydroxylamine groups is 1. The number of hydrogen-bond acceptors (Lipinski definition) is 6. The number of benzene rings is 2. The molecule has 1 aromatic heterocycles. The predicted octanol–water partition coefficient (Wildman–Crippen LogP) is 4.52. The smallest absolute Gasteiger partial charge is 0.243 e. The van der Waals surface area contributed by atoms with Crippen molar-refractivity contribution in [3.8, 4) is 17.2 Å². The van der Waals surface area contributed by atoms with E-state index < -0.39 is 0 Å². The molecule has 35 heavy (non-hydrogen) atoms. The number of carbonyl (C=O) groups excluding carboxylic acids is 2. The topological polar surface area (TPSA) is 111 Å². The number of aromatic nitrogens is 1. The molecule has 0 saturated heterocycles. The van der Waals surface area contributed by atoms with Crippen molar-refractivity contribution in [2.45, 2.75) is 45.1 Å². The van der Waals surface area contributed by atoms with Gasteiger partial charge in [-0.15, -0.1) is 0 Å². The minimum absolute atomic E-state index is 0.0432. The Morgan fingerprint density at radius 1 is 0.886 bits per heavy atom. The molecule has 2 amide bonds. The van der Waals surface area contributed by atoms with Crippen LogP contribution in [0.25, 0.3) is 10.9 Å². The fourth-order valence-electron chi connectivity index (χ4n) is 3.81. The molecular formula is C26H33N3O6. The van der Waals surface area contributed by atoms with Gasteiger partial charge in [-0.05, 0) is 49.2 Å². The lowest BCUT2D eigenvalue weighted by molar-refractivity contribution is -0.129. The van der Waals surface area contributed by atoms with Crippen LogP contribution in [0.3, 0.4) is 0 Å². The van der Waals surface area contributed by atoms with Gasteiger partial charge in [-0.2, -0.15) is 0 Å². The van der Waals surface area contributed by atoms with Crippen molar-refractivity contribution in [1.82, 2.24) is 10.0 Å². The summed E-state index contributed by atoms with van der Waals surface area (Å²) >= 11 is 0. The Labute approximate surface area is 204 Å². The highest BCUT2D eigenvalue weighted by Gasteiger charge is 2.09. The molecule has 0 saturated carbocycles. The van der Waals surface area contributed by atoms with E-state index in [4.69, 9.17) is 19.4 Å². The largest absolute Gasteiger partial charge is 0.493 e.